The van der Waals surface area contributed by atoms with Crippen molar-refractivity contribution in [1.82, 2.24) is 10.2 Å². The van der Waals surface area contributed by atoms with Gasteiger partial charge in [-0.1, -0.05) is 54.1 Å². The minimum atomic E-state index is -0.870. The van der Waals surface area contributed by atoms with Crippen molar-refractivity contribution in [3.63, 3.8) is 0 Å². The van der Waals surface area contributed by atoms with Crippen molar-refractivity contribution >= 4 is 23.4 Å². The Kier molecular flexibility index (Phi) is 6.17. The van der Waals surface area contributed by atoms with E-state index >= 15 is 0 Å². The molecule has 0 aliphatic heterocycles. The molecule has 0 heterocycles. The molecule has 0 atom stereocenters. The monoisotopic (exact) mass is 384 g/mol. The van der Waals surface area contributed by atoms with Gasteiger partial charge < -0.3 is 10.2 Å². The van der Waals surface area contributed by atoms with Crippen LogP contribution in [-0.2, 0) is 22.6 Å². The van der Waals surface area contributed by atoms with Gasteiger partial charge in [-0.15, -0.1) is 0 Å². The third-order valence-electron chi connectivity index (χ3n) is 5.09. The van der Waals surface area contributed by atoms with Gasteiger partial charge in [0.1, 0.15) is 5.41 Å². The van der Waals surface area contributed by atoms with Crippen molar-refractivity contribution in [3.05, 3.63) is 70.7 Å². The van der Waals surface area contributed by atoms with E-state index in [4.69, 9.17) is 11.6 Å². The molecule has 0 spiro atoms. The smallest absolute Gasteiger partial charge is 0.238 e. The van der Waals surface area contributed by atoms with E-state index in [0.717, 1.165) is 11.1 Å². The quantitative estimate of drug-likeness (QED) is 0.703. The molecular formula is C22H25ClN2O2. The van der Waals surface area contributed by atoms with Crippen molar-refractivity contribution in [3.8, 4) is 0 Å². The van der Waals surface area contributed by atoms with Crippen LogP contribution in [0.1, 0.15) is 30.9 Å². The van der Waals surface area contributed by atoms with E-state index in [2.05, 4.69) is 5.32 Å². The second kappa shape index (κ2) is 8.57. The molecule has 0 aromatic heterocycles. The summed E-state index contributed by atoms with van der Waals surface area (Å²) in [7, 11) is 0. The van der Waals surface area contributed by atoms with Crippen LogP contribution < -0.4 is 5.32 Å². The molecule has 1 aliphatic carbocycles. The lowest BCUT2D eigenvalue weighted by Gasteiger charge is -2.26. The van der Waals surface area contributed by atoms with Crippen LogP contribution in [-0.4, -0.2) is 29.8 Å². The van der Waals surface area contributed by atoms with Crippen LogP contribution >= 0.6 is 11.6 Å². The third-order valence-corrected chi connectivity index (χ3v) is 5.34. The standard InChI is InChI=1S/C22H25ClN2O2/c1-2-25(16-18-6-4-3-5-7-18)21(27)22(13-14-22)20(26)24-15-12-17-8-10-19(23)11-9-17/h3-11H,2,12-16H2,1H3,(H,24,26). The number of carbonyl (C=O) groups excluding carboxylic acids is 2. The van der Waals surface area contributed by atoms with Gasteiger partial charge in [0, 0.05) is 24.7 Å². The maximum Gasteiger partial charge on any atom is 0.238 e. The molecule has 1 aliphatic rings. The molecule has 0 saturated heterocycles. The SMILES string of the molecule is CCN(Cc1ccccc1)C(=O)C1(C(=O)NCCc2ccc(Cl)cc2)CC1. The van der Waals surface area contributed by atoms with Gasteiger partial charge in [0.2, 0.25) is 11.8 Å². The van der Waals surface area contributed by atoms with Gasteiger partial charge >= 0.3 is 0 Å². The average molecular weight is 385 g/mol. The Bertz CT molecular complexity index is 786. The highest BCUT2D eigenvalue weighted by atomic mass is 35.5. The summed E-state index contributed by atoms with van der Waals surface area (Å²) < 4.78 is 0. The highest BCUT2D eigenvalue weighted by Gasteiger charge is 2.57. The third kappa shape index (κ3) is 4.69. The molecule has 3 rings (SSSR count). The summed E-state index contributed by atoms with van der Waals surface area (Å²) in [6, 6.07) is 17.5. The Labute approximate surface area is 165 Å². The Balaban J connectivity index is 1.56. The fourth-order valence-electron chi connectivity index (χ4n) is 3.24. The molecule has 2 amide bonds. The molecule has 0 bridgehead atoms. The molecule has 1 fully saturated rings. The van der Waals surface area contributed by atoms with Crippen molar-refractivity contribution < 1.29 is 9.59 Å². The number of hydrogen-bond acceptors (Lipinski definition) is 2. The number of rotatable bonds is 8. The van der Waals surface area contributed by atoms with Gasteiger partial charge in [-0.05, 0) is 49.4 Å². The van der Waals surface area contributed by atoms with E-state index in [1.165, 1.54) is 0 Å². The Hall–Kier alpha value is -2.33. The number of hydrogen-bond donors (Lipinski definition) is 1. The number of halogens is 1. The summed E-state index contributed by atoms with van der Waals surface area (Å²) in [5, 5.41) is 3.65. The zero-order chi connectivity index (χ0) is 19.3. The lowest BCUT2D eigenvalue weighted by atomic mass is 10.0. The first-order valence-corrected chi connectivity index (χ1v) is 9.79. The van der Waals surface area contributed by atoms with E-state index in [1.54, 1.807) is 4.90 Å². The van der Waals surface area contributed by atoms with Gasteiger partial charge in [0.05, 0.1) is 0 Å². The van der Waals surface area contributed by atoms with Crippen LogP contribution in [0.5, 0.6) is 0 Å². The molecule has 4 nitrogen and oxygen atoms in total. The highest BCUT2D eigenvalue weighted by Crippen LogP contribution is 2.47. The minimum Gasteiger partial charge on any atom is -0.355 e. The van der Waals surface area contributed by atoms with Crippen LogP contribution in [0.2, 0.25) is 5.02 Å². The first-order valence-electron chi connectivity index (χ1n) is 9.41. The normalized spacial score (nSPS) is 14.4. The number of nitrogens with zero attached hydrogens (tertiary/aromatic N) is 1. The molecule has 1 N–H and O–H groups in total. The lowest BCUT2D eigenvalue weighted by Crippen LogP contribution is -2.45. The number of benzene rings is 2. The van der Waals surface area contributed by atoms with E-state index < -0.39 is 5.41 Å². The number of nitrogens with one attached hydrogen (secondary N) is 1. The second-order valence-electron chi connectivity index (χ2n) is 7.02. The lowest BCUT2D eigenvalue weighted by molar-refractivity contribution is -0.144. The summed E-state index contributed by atoms with van der Waals surface area (Å²) in [5.41, 5.74) is 1.31. The maximum atomic E-state index is 13.0. The minimum absolute atomic E-state index is 0.0576. The summed E-state index contributed by atoms with van der Waals surface area (Å²) in [5.74, 6) is -0.203. The first-order chi connectivity index (χ1) is 13.0. The molecule has 5 heteroatoms. The van der Waals surface area contributed by atoms with Crippen LogP contribution in [0.15, 0.2) is 54.6 Å². The topological polar surface area (TPSA) is 49.4 Å². The Morgan fingerprint density at radius 1 is 1.04 bits per heavy atom. The molecular weight excluding hydrogens is 360 g/mol. The molecule has 1 saturated carbocycles. The van der Waals surface area contributed by atoms with Crippen LogP contribution in [0.3, 0.4) is 0 Å². The molecule has 0 unspecified atom stereocenters. The van der Waals surface area contributed by atoms with Gasteiger partial charge in [-0.3, -0.25) is 9.59 Å². The van der Waals surface area contributed by atoms with Crippen LogP contribution in [0, 0.1) is 5.41 Å². The summed E-state index contributed by atoms with van der Waals surface area (Å²) in [6.07, 6.45) is 1.97. The number of carbonyl (C=O) groups is 2. The molecule has 27 heavy (non-hydrogen) atoms. The summed E-state index contributed by atoms with van der Waals surface area (Å²) in [4.78, 5) is 27.5. The fraction of sp³-hybridized carbons (Fsp3) is 0.364. The molecule has 2 aromatic carbocycles. The largest absolute Gasteiger partial charge is 0.355 e. The second-order valence-corrected chi connectivity index (χ2v) is 7.46. The van der Waals surface area contributed by atoms with Gasteiger partial charge in [-0.25, -0.2) is 0 Å². The molecule has 2 aromatic rings. The summed E-state index contributed by atoms with van der Waals surface area (Å²) in [6.45, 7) is 3.60. The van der Waals surface area contributed by atoms with Crippen molar-refractivity contribution in [2.45, 2.75) is 32.7 Å². The fourth-order valence-corrected chi connectivity index (χ4v) is 3.36. The predicted molar refractivity (Wildman–Crippen MR) is 107 cm³/mol. The van der Waals surface area contributed by atoms with Gasteiger partial charge in [-0.2, -0.15) is 0 Å². The van der Waals surface area contributed by atoms with Crippen LogP contribution in [0.4, 0.5) is 0 Å². The molecule has 142 valence electrons. The maximum absolute atomic E-state index is 13.0. The van der Waals surface area contributed by atoms with Gasteiger partial charge in [0.15, 0.2) is 0 Å². The number of amides is 2. The first kappa shape index (κ1) is 19.4. The van der Waals surface area contributed by atoms with Crippen LogP contribution in [0.25, 0.3) is 0 Å². The van der Waals surface area contributed by atoms with Gasteiger partial charge in [0.25, 0.3) is 0 Å². The van der Waals surface area contributed by atoms with E-state index in [-0.39, 0.29) is 11.8 Å². The predicted octanol–water partition coefficient (Wildman–Crippen LogP) is 3.83. The zero-order valence-electron chi connectivity index (χ0n) is 15.6. The highest BCUT2D eigenvalue weighted by molar-refractivity contribution is 6.30. The Morgan fingerprint density at radius 2 is 1.70 bits per heavy atom. The Morgan fingerprint density at radius 3 is 2.30 bits per heavy atom. The van der Waals surface area contributed by atoms with E-state index in [0.29, 0.717) is 43.9 Å². The van der Waals surface area contributed by atoms with E-state index in [9.17, 15) is 9.59 Å². The van der Waals surface area contributed by atoms with Crippen molar-refractivity contribution in [2.24, 2.45) is 5.41 Å². The summed E-state index contributed by atoms with van der Waals surface area (Å²) >= 11 is 5.89. The zero-order valence-corrected chi connectivity index (χ0v) is 16.3. The van der Waals surface area contributed by atoms with Crippen molar-refractivity contribution in [2.75, 3.05) is 13.1 Å². The molecule has 0 radical (unpaired) electrons. The average Bonchev–Trinajstić information content (AvgIpc) is 3.50. The van der Waals surface area contributed by atoms with Crippen molar-refractivity contribution in [1.29, 1.82) is 0 Å². The van der Waals surface area contributed by atoms with E-state index in [1.807, 2.05) is 61.5 Å².